The number of fused-ring (bicyclic) bond motifs is 7. The lowest BCUT2D eigenvalue weighted by Gasteiger charge is -2.31. The van der Waals surface area contributed by atoms with Crippen LogP contribution in [0.2, 0.25) is 5.02 Å². The highest BCUT2D eigenvalue weighted by molar-refractivity contribution is 6.36. The van der Waals surface area contributed by atoms with Crippen molar-refractivity contribution in [2.75, 3.05) is 0 Å². The fraction of sp³-hybridized carbons (Fsp3) is 0.438. The molecule has 0 saturated heterocycles. The predicted octanol–water partition coefficient (Wildman–Crippen LogP) is 4.69. The Morgan fingerprint density at radius 1 is 1.28 bits per heavy atom. The van der Waals surface area contributed by atoms with Gasteiger partial charge in [-0.3, -0.25) is 9.59 Å². The second-order valence-corrected chi connectivity index (χ2v) is 13.0. The molecule has 1 unspecified atom stereocenters. The van der Waals surface area contributed by atoms with E-state index in [1.807, 2.05) is 26.8 Å². The van der Waals surface area contributed by atoms with Gasteiger partial charge in [0, 0.05) is 28.4 Å². The first-order chi connectivity index (χ1) is 20.4. The minimum atomic E-state index is -1.93. The third-order valence-corrected chi connectivity index (χ3v) is 8.97. The zero-order valence-corrected chi connectivity index (χ0v) is 25.1. The van der Waals surface area contributed by atoms with E-state index in [-0.39, 0.29) is 54.6 Å². The van der Waals surface area contributed by atoms with Crippen LogP contribution < -0.4 is 10.9 Å². The van der Waals surface area contributed by atoms with E-state index in [2.05, 4.69) is 5.32 Å². The summed E-state index contributed by atoms with van der Waals surface area (Å²) in [5.41, 5.74) is 1.31. The highest BCUT2D eigenvalue weighted by Crippen LogP contribution is 2.43. The second-order valence-electron chi connectivity index (χ2n) is 12.6. The topological polar surface area (TPSA) is 133 Å². The van der Waals surface area contributed by atoms with E-state index in [1.165, 1.54) is 0 Å². The molecule has 0 bridgehead atoms. The number of carbonyl (C=O) groups excluding carboxylic acids is 2. The fourth-order valence-electron chi connectivity index (χ4n) is 6.38. The number of carbonyl (C=O) groups is 2. The molecular formula is C32H32ClN3O7. The number of ether oxygens (including phenoxy) is 2. The number of cyclic esters (lactones) is 1. The summed E-state index contributed by atoms with van der Waals surface area (Å²) in [6.45, 7) is 7.60. The SMILES string of the molecule is CC[C@@]1(O)C(=O)OCc2c1cc1n(c2=O)Cc2c-1nc1cc(Cl)c3occc3c1c2CNC(=O)C(OC(C)(C)C)C1CC1. The first kappa shape index (κ1) is 28.1. The molecule has 11 heteroatoms. The number of aromatic nitrogens is 2. The monoisotopic (exact) mass is 605 g/mol. The van der Waals surface area contributed by atoms with E-state index in [0.717, 1.165) is 34.7 Å². The van der Waals surface area contributed by atoms with Gasteiger partial charge in [0.25, 0.3) is 5.56 Å². The molecule has 2 aliphatic heterocycles. The number of nitrogens with zero attached hydrogens (tertiary/aromatic N) is 2. The van der Waals surface area contributed by atoms with Gasteiger partial charge in [-0.2, -0.15) is 0 Å². The Bertz CT molecular complexity index is 1920. The van der Waals surface area contributed by atoms with Crippen molar-refractivity contribution >= 4 is 45.3 Å². The Balaban J connectivity index is 1.39. The highest BCUT2D eigenvalue weighted by atomic mass is 35.5. The van der Waals surface area contributed by atoms with Crippen LogP contribution >= 0.6 is 11.6 Å². The normalized spacial score (nSPS) is 20.1. The molecule has 0 spiro atoms. The molecule has 5 heterocycles. The zero-order valence-electron chi connectivity index (χ0n) is 24.4. The molecule has 7 rings (SSSR count). The number of furan rings is 1. The maximum atomic E-state index is 13.8. The van der Waals surface area contributed by atoms with E-state index in [1.54, 1.807) is 29.9 Å². The van der Waals surface area contributed by atoms with Crippen molar-refractivity contribution in [3.8, 4) is 11.4 Å². The van der Waals surface area contributed by atoms with Crippen LogP contribution in [0.5, 0.6) is 0 Å². The first-order valence-electron chi connectivity index (χ1n) is 14.5. The van der Waals surface area contributed by atoms with Gasteiger partial charge in [-0.15, -0.1) is 0 Å². The Hall–Kier alpha value is -3.73. The number of pyridine rings is 2. The molecule has 0 radical (unpaired) electrons. The number of aliphatic hydroxyl groups is 1. The molecule has 2 N–H and O–H groups in total. The van der Waals surface area contributed by atoms with E-state index >= 15 is 0 Å². The summed E-state index contributed by atoms with van der Waals surface area (Å²) in [5, 5.41) is 16.3. The van der Waals surface area contributed by atoms with Crippen molar-refractivity contribution in [3.63, 3.8) is 0 Å². The van der Waals surface area contributed by atoms with Crippen LogP contribution in [-0.4, -0.2) is 38.2 Å². The van der Waals surface area contributed by atoms with Crippen molar-refractivity contribution in [2.24, 2.45) is 5.92 Å². The van der Waals surface area contributed by atoms with Gasteiger partial charge in [-0.05, 0) is 69.7 Å². The number of benzene rings is 1. The average molecular weight is 606 g/mol. The molecule has 43 heavy (non-hydrogen) atoms. The Morgan fingerprint density at radius 2 is 2.05 bits per heavy atom. The van der Waals surface area contributed by atoms with Gasteiger partial charge in [0.2, 0.25) is 5.91 Å². The lowest BCUT2D eigenvalue weighted by atomic mass is 9.86. The number of hydrogen-bond donors (Lipinski definition) is 2. The minimum Gasteiger partial charge on any atom is -0.463 e. The van der Waals surface area contributed by atoms with E-state index < -0.39 is 23.3 Å². The van der Waals surface area contributed by atoms with Crippen LogP contribution in [0.15, 0.2) is 33.7 Å². The smallest absolute Gasteiger partial charge is 0.343 e. The maximum absolute atomic E-state index is 13.8. The van der Waals surface area contributed by atoms with Gasteiger partial charge < -0.3 is 28.9 Å². The molecule has 10 nitrogen and oxygen atoms in total. The number of nitrogens with one attached hydrogen (secondary N) is 1. The van der Waals surface area contributed by atoms with Crippen molar-refractivity contribution in [3.05, 3.63) is 62.1 Å². The largest absolute Gasteiger partial charge is 0.463 e. The van der Waals surface area contributed by atoms with E-state index in [9.17, 15) is 19.5 Å². The van der Waals surface area contributed by atoms with Gasteiger partial charge in [0.05, 0.1) is 45.9 Å². The molecular weight excluding hydrogens is 574 g/mol. The van der Waals surface area contributed by atoms with Gasteiger partial charge >= 0.3 is 5.97 Å². The minimum absolute atomic E-state index is 0.0455. The van der Waals surface area contributed by atoms with Crippen LogP contribution in [0, 0.1) is 5.92 Å². The molecule has 1 fully saturated rings. The van der Waals surface area contributed by atoms with Crippen molar-refractivity contribution in [2.45, 2.75) is 84.0 Å². The van der Waals surface area contributed by atoms with Gasteiger partial charge in [-0.1, -0.05) is 18.5 Å². The van der Waals surface area contributed by atoms with Gasteiger partial charge in [0.15, 0.2) is 11.2 Å². The first-order valence-corrected chi connectivity index (χ1v) is 14.9. The van der Waals surface area contributed by atoms with Gasteiger partial charge in [0.1, 0.15) is 12.7 Å². The third kappa shape index (κ3) is 4.38. The number of halogens is 1. The fourth-order valence-corrected chi connectivity index (χ4v) is 6.63. The lowest BCUT2D eigenvalue weighted by molar-refractivity contribution is -0.172. The Labute approximate surface area is 251 Å². The Morgan fingerprint density at radius 3 is 2.74 bits per heavy atom. The number of esters is 1. The molecule has 1 aromatic carbocycles. The summed E-state index contributed by atoms with van der Waals surface area (Å²) < 4.78 is 18.6. The molecule has 224 valence electrons. The van der Waals surface area contributed by atoms with Crippen LogP contribution in [0.1, 0.15) is 69.2 Å². The maximum Gasteiger partial charge on any atom is 0.343 e. The quantitative estimate of drug-likeness (QED) is 0.266. The van der Waals surface area contributed by atoms with Crippen LogP contribution in [-0.2, 0) is 44.4 Å². The lowest BCUT2D eigenvalue weighted by Crippen LogP contribution is -2.44. The number of hydrogen-bond acceptors (Lipinski definition) is 8. The van der Waals surface area contributed by atoms with Crippen molar-refractivity contribution in [1.82, 2.24) is 14.9 Å². The molecule has 1 amide bonds. The summed E-state index contributed by atoms with van der Waals surface area (Å²) in [5.74, 6) is -0.799. The summed E-state index contributed by atoms with van der Waals surface area (Å²) in [6, 6.07) is 5.20. The molecule has 2 atom stereocenters. The van der Waals surface area contributed by atoms with E-state index in [0.29, 0.717) is 27.5 Å². The van der Waals surface area contributed by atoms with Crippen LogP contribution in [0.4, 0.5) is 0 Å². The third-order valence-electron chi connectivity index (χ3n) is 8.69. The Kier molecular flexibility index (Phi) is 6.29. The molecule has 3 aliphatic rings. The van der Waals surface area contributed by atoms with Crippen molar-refractivity contribution in [1.29, 1.82) is 0 Å². The second kappa shape index (κ2) is 9.64. The molecule has 1 aliphatic carbocycles. The van der Waals surface area contributed by atoms with Crippen LogP contribution in [0.3, 0.4) is 0 Å². The highest BCUT2D eigenvalue weighted by Gasteiger charge is 2.46. The van der Waals surface area contributed by atoms with Crippen molar-refractivity contribution < 1.29 is 28.6 Å². The average Bonchev–Trinajstić information content (AvgIpc) is 3.55. The zero-order chi connectivity index (χ0) is 30.4. The molecule has 3 aromatic heterocycles. The summed E-state index contributed by atoms with van der Waals surface area (Å²) in [6.07, 6.45) is 2.91. The van der Waals surface area contributed by atoms with Gasteiger partial charge in [-0.25, -0.2) is 9.78 Å². The van der Waals surface area contributed by atoms with E-state index in [4.69, 9.17) is 30.5 Å². The molecule has 4 aromatic rings. The molecule has 1 saturated carbocycles. The number of amides is 1. The number of rotatable bonds is 6. The standard InChI is InChI=1S/C32H32ClN3O7/c1-5-32(40)20-10-23-25-18(13-36(23)29(38)19(20)14-42-30(32)39)17(12-34-28(37)26(15-6-7-15)43-31(2,3)4)24-16-8-9-41-27(16)21(33)11-22(24)35-25/h8-11,15,26,40H,5-7,12-14H2,1-4H3,(H,34,37)/t26?,32-/m0/s1. The summed E-state index contributed by atoms with van der Waals surface area (Å²) in [7, 11) is 0. The van der Waals surface area contributed by atoms with Crippen LogP contribution in [0.25, 0.3) is 33.3 Å². The summed E-state index contributed by atoms with van der Waals surface area (Å²) in [4.78, 5) is 44.9. The predicted molar refractivity (Wildman–Crippen MR) is 159 cm³/mol. The summed E-state index contributed by atoms with van der Waals surface area (Å²) >= 11 is 6.59.